The van der Waals surface area contributed by atoms with E-state index in [2.05, 4.69) is 31.0 Å². The van der Waals surface area contributed by atoms with E-state index in [1.807, 2.05) is 6.20 Å². The molecule has 0 bridgehead atoms. The fraction of sp³-hybridized carbons (Fsp3) is 0.667. The van der Waals surface area contributed by atoms with Gasteiger partial charge in [0.2, 0.25) is 0 Å². The Hall–Kier alpha value is -0.150. The first kappa shape index (κ1) is 6.96. The minimum Gasteiger partial charge on any atom is -0.318 e. The average molecular weight is 144 g/mol. The fourth-order valence-corrected chi connectivity index (χ4v) is 1.23. The largest absolute Gasteiger partial charge is 0.318 e. The molecule has 2 nitrogen and oxygen atoms in total. The molecule has 1 aliphatic rings. The van der Waals surface area contributed by atoms with Gasteiger partial charge in [-0.05, 0) is 17.4 Å². The number of allylic oxidation sites excluding steroid dienone is 1. The first-order chi connectivity index (χ1) is 4.11. The molecule has 0 saturated carbocycles. The van der Waals surface area contributed by atoms with Crippen LogP contribution in [0.4, 0.5) is 0 Å². The molecule has 1 heterocycles. The van der Waals surface area contributed by atoms with Crippen molar-refractivity contribution < 1.29 is 0 Å². The summed E-state index contributed by atoms with van der Waals surface area (Å²) < 4.78 is 0. The maximum Gasteiger partial charge on any atom is 0.0249 e. The van der Waals surface area contributed by atoms with Crippen LogP contribution < -0.4 is 10.3 Å². The van der Waals surface area contributed by atoms with Gasteiger partial charge in [0.1, 0.15) is 0 Å². The third-order valence-electron chi connectivity index (χ3n) is 1.16. The van der Waals surface area contributed by atoms with Crippen LogP contribution in [0, 0.1) is 5.41 Å². The zero-order chi connectivity index (χ0) is 6.91. The summed E-state index contributed by atoms with van der Waals surface area (Å²) in [7, 11) is 0. The number of nitrogens with one attached hydrogen (secondary N) is 2. The number of hydrogen-bond acceptors (Lipinski definition) is 3. The summed E-state index contributed by atoms with van der Waals surface area (Å²) in [5.74, 6) is 0. The maximum absolute atomic E-state index is 2.95. The molecular formula is C6H12N2S. The molecule has 1 aliphatic heterocycles. The molecule has 0 aromatic carbocycles. The van der Waals surface area contributed by atoms with Crippen LogP contribution >= 0.6 is 11.9 Å². The van der Waals surface area contributed by atoms with Crippen molar-refractivity contribution in [3.63, 3.8) is 0 Å². The van der Waals surface area contributed by atoms with E-state index in [0.29, 0.717) is 0 Å². The summed E-state index contributed by atoms with van der Waals surface area (Å²) in [5, 5.41) is 0. The highest BCUT2D eigenvalue weighted by molar-refractivity contribution is 8.01. The van der Waals surface area contributed by atoms with Crippen LogP contribution in [0.15, 0.2) is 11.1 Å². The molecule has 0 spiro atoms. The number of hydrazine groups is 1. The van der Waals surface area contributed by atoms with Gasteiger partial charge in [-0.3, -0.25) is 0 Å². The van der Waals surface area contributed by atoms with Crippen molar-refractivity contribution in [2.75, 3.05) is 0 Å². The summed E-state index contributed by atoms with van der Waals surface area (Å²) in [6.07, 6.45) is 2.00. The van der Waals surface area contributed by atoms with E-state index in [1.165, 1.54) is 4.91 Å². The van der Waals surface area contributed by atoms with Crippen LogP contribution in [0.1, 0.15) is 20.8 Å². The molecule has 0 aromatic heterocycles. The predicted octanol–water partition coefficient (Wildman–Crippen LogP) is 1.63. The van der Waals surface area contributed by atoms with Crippen LogP contribution in [-0.4, -0.2) is 0 Å². The highest BCUT2D eigenvalue weighted by Gasteiger charge is 2.19. The van der Waals surface area contributed by atoms with Gasteiger partial charge < -0.3 is 5.43 Å². The van der Waals surface area contributed by atoms with Gasteiger partial charge in [-0.2, -0.15) is 4.83 Å². The standard InChI is InChI=1S/C6H12N2S/c1-6(2,3)5-4-7-8-9-5/h4,7-8H,1-3H3. The molecule has 9 heavy (non-hydrogen) atoms. The third-order valence-corrected chi connectivity index (χ3v) is 2.33. The van der Waals surface area contributed by atoms with Gasteiger partial charge in [0.25, 0.3) is 0 Å². The minimum atomic E-state index is 0.279. The van der Waals surface area contributed by atoms with E-state index in [1.54, 1.807) is 11.9 Å². The van der Waals surface area contributed by atoms with E-state index < -0.39 is 0 Å². The van der Waals surface area contributed by atoms with E-state index in [-0.39, 0.29) is 5.41 Å². The molecule has 0 atom stereocenters. The van der Waals surface area contributed by atoms with Gasteiger partial charge in [0, 0.05) is 11.1 Å². The number of rotatable bonds is 0. The van der Waals surface area contributed by atoms with Crippen LogP contribution in [0.2, 0.25) is 0 Å². The maximum atomic E-state index is 2.95. The Morgan fingerprint density at radius 2 is 2.11 bits per heavy atom. The summed E-state index contributed by atoms with van der Waals surface area (Å²) >= 11 is 1.65. The lowest BCUT2D eigenvalue weighted by molar-refractivity contribution is 0.532. The second-order valence-electron chi connectivity index (χ2n) is 3.11. The number of hydrogen-bond donors (Lipinski definition) is 2. The lowest BCUT2D eigenvalue weighted by atomic mass is 9.97. The normalized spacial score (nSPS) is 19.2. The van der Waals surface area contributed by atoms with Crippen LogP contribution in [-0.2, 0) is 0 Å². The van der Waals surface area contributed by atoms with Gasteiger partial charge in [0.15, 0.2) is 0 Å². The Bertz CT molecular complexity index is 134. The summed E-state index contributed by atoms with van der Waals surface area (Å²) in [5.41, 5.74) is 3.21. The van der Waals surface area contributed by atoms with Gasteiger partial charge in [-0.15, -0.1) is 0 Å². The lowest BCUT2D eigenvalue weighted by Crippen LogP contribution is -2.11. The second-order valence-corrected chi connectivity index (χ2v) is 3.96. The first-order valence-corrected chi connectivity index (χ1v) is 3.80. The third kappa shape index (κ3) is 1.63. The predicted molar refractivity (Wildman–Crippen MR) is 41.4 cm³/mol. The van der Waals surface area contributed by atoms with Crippen LogP contribution in [0.3, 0.4) is 0 Å². The van der Waals surface area contributed by atoms with Crippen LogP contribution in [0.5, 0.6) is 0 Å². The van der Waals surface area contributed by atoms with E-state index >= 15 is 0 Å². The molecule has 0 unspecified atom stereocenters. The molecule has 0 radical (unpaired) electrons. The van der Waals surface area contributed by atoms with E-state index in [4.69, 9.17) is 0 Å². The molecule has 0 amide bonds. The van der Waals surface area contributed by atoms with Gasteiger partial charge >= 0.3 is 0 Å². The monoisotopic (exact) mass is 144 g/mol. The summed E-state index contributed by atoms with van der Waals surface area (Å²) in [4.78, 5) is 4.30. The van der Waals surface area contributed by atoms with Crippen LogP contribution in [0.25, 0.3) is 0 Å². The van der Waals surface area contributed by atoms with Gasteiger partial charge in [-0.25, -0.2) is 0 Å². The van der Waals surface area contributed by atoms with Crippen molar-refractivity contribution in [3.05, 3.63) is 11.1 Å². The van der Waals surface area contributed by atoms with Crippen molar-refractivity contribution in [1.29, 1.82) is 0 Å². The Kier molecular flexibility index (Phi) is 1.73. The molecule has 0 fully saturated rings. The van der Waals surface area contributed by atoms with Crippen molar-refractivity contribution in [3.8, 4) is 0 Å². The summed E-state index contributed by atoms with van der Waals surface area (Å²) in [6.45, 7) is 6.58. The van der Waals surface area contributed by atoms with Crippen molar-refractivity contribution >= 4 is 11.9 Å². The average Bonchev–Trinajstić information content (AvgIpc) is 2.08. The zero-order valence-electron chi connectivity index (χ0n) is 5.99. The minimum absolute atomic E-state index is 0.279. The van der Waals surface area contributed by atoms with Crippen molar-refractivity contribution in [2.45, 2.75) is 20.8 Å². The topological polar surface area (TPSA) is 24.1 Å². The quantitative estimate of drug-likeness (QED) is 0.505. The second kappa shape index (κ2) is 2.23. The Morgan fingerprint density at radius 3 is 2.33 bits per heavy atom. The van der Waals surface area contributed by atoms with Crippen molar-refractivity contribution in [2.24, 2.45) is 5.41 Å². The molecule has 2 N–H and O–H groups in total. The Labute approximate surface area is 60.2 Å². The molecule has 0 aliphatic carbocycles. The fourth-order valence-electron chi connectivity index (χ4n) is 0.579. The molecule has 0 saturated heterocycles. The lowest BCUT2D eigenvalue weighted by Gasteiger charge is -2.16. The molecule has 0 aromatic rings. The molecule has 52 valence electrons. The van der Waals surface area contributed by atoms with E-state index in [9.17, 15) is 0 Å². The smallest absolute Gasteiger partial charge is 0.0249 e. The van der Waals surface area contributed by atoms with Gasteiger partial charge in [0.05, 0.1) is 0 Å². The zero-order valence-corrected chi connectivity index (χ0v) is 6.80. The van der Waals surface area contributed by atoms with Gasteiger partial charge in [-0.1, -0.05) is 20.8 Å². The first-order valence-electron chi connectivity index (χ1n) is 2.99. The Balaban J connectivity index is 2.61. The van der Waals surface area contributed by atoms with E-state index in [0.717, 1.165) is 0 Å². The summed E-state index contributed by atoms with van der Waals surface area (Å²) in [6, 6.07) is 0. The molecule has 3 heteroatoms. The highest BCUT2D eigenvalue weighted by Crippen LogP contribution is 2.33. The van der Waals surface area contributed by atoms with Crippen molar-refractivity contribution in [1.82, 2.24) is 10.3 Å². The molecular weight excluding hydrogens is 132 g/mol. The highest BCUT2D eigenvalue weighted by atomic mass is 32.2. The Morgan fingerprint density at radius 1 is 1.44 bits per heavy atom. The molecule has 1 rings (SSSR count). The SMILES string of the molecule is CC(C)(C)C1=CNNS1.